The van der Waals surface area contributed by atoms with Crippen molar-refractivity contribution in [2.45, 2.75) is 35.8 Å². The molecule has 2 aromatic carbocycles. The SMILES string of the molecule is COc1ccc(C2CC(C3=C(O)CCCC3=O)=Nc3ccccc3S2)c(OC)c1OC. The van der Waals surface area contributed by atoms with Crippen molar-refractivity contribution in [1.29, 1.82) is 0 Å². The topological polar surface area (TPSA) is 77.4 Å². The molecule has 0 saturated carbocycles. The van der Waals surface area contributed by atoms with Crippen LogP contribution in [0, 0.1) is 0 Å². The van der Waals surface area contributed by atoms with Crippen LogP contribution in [-0.2, 0) is 4.79 Å². The summed E-state index contributed by atoms with van der Waals surface area (Å²) in [5.41, 5.74) is 2.69. The molecule has 1 aliphatic heterocycles. The molecule has 0 bridgehead atoms. The number of carbonyl (C=O) groups is 1. The first-order valence-electron chi connectivity index (χ1n) is 10.1. The first-order valence-corrected chi connectivity index (χ1v) is 11.0. The Morgan fingerprint density at radius 1 is 1.00 bits per heavy atom. The predicted octanol–water partition coefficient (Wildman–Crippen LogP) is 5.59. The summed E-state index contributed by atoms with van der Waals surface area (Å²) in [5, 5.41) is 10.4. The number of methoxy groups -OCH3 is 3. The summed E-state index contributed by atoms with van der Waals surface area (Å²) in [7, 11) is 4.77. The number of aliphatic hydroxyl groups is 1. The molecule has 1 heterocycles. The lowest BCUT2D eigenvalue weighted by molar-refractivity contribution is -0.115. The monoisotopic (exact) mass is 439 g/mol. The smallest absolute Gasteiger partial charge is 0.203 e. The van der Waals surface area contributed by atoms with Gasteiger partial charge in [0.2, 0.25) is 5.75 Å². The van der Waals surface area contributed by atoms with Crippen LogP contribution in [0.1, 0.15) is 36.5 Å². The molecule has 2 aromatic rings. The van der Waals surface area contributed by atoms with Crippen LogP contribution in [0.15, 0.2) is 57.6 Å². The van der Waals surface area contributed by atoms with E-state index in [-0.39, 0.29) is 16.8 Å². The van der Waals surface area contributed by atoms with Gasteiger partial charge in [-0.05, 0) is 24.6 Å². The molecule has 1 unspecified atom stereocenters. The van der Waals surface area contributed by atoms with Gasteiger partial charge in [-0.15, -0.1) is 11.8 Å². The number of ketones is 1. The van der Waals surface area contributed by atoms with Crippen LogP contribution < -0.4 is 14.2 Å². The molecule has 31 heavy (non-hydrogen) atoms. The van der Waals surface area contributed by atoms with E-state index in [1.165, 1.54) is 0 Å². The van der Waals surface area contributed by atoms with Crippen LogP contribution in [0.5, 0.6) is 17.2 Å². The van der Waals surface area contributed by atoms with Crippen molar-refractivity contribution in [3.8, 4) is 17.2 Å². The maximum atomic E-state index is 12.7. The van der Waals surface area contributed by atoms with Crippen molar-refractivity contribution in [3.63, 3.8) is 0 Å². The highest BCUT2D eigenvalue weighted by molar-refractivity contribution is 7.99. The fraction of sp³-hybridized carbons (Fsp3) is 0.333. The van der Waals surface area contributed by atoms with Gasteiger partial charge in [0, 0.05) is 35.0 Å². The second kappa shape index (κ2) is 9.06. The van der Waals surface area contributed by atoms with Gasteiger partial charge in [0.15, 0.2) is 17.3 Å². The van der Waals surface area contributed by atoms with Crippen LogP contribution in [0.3, 0.4) is 0 Å². The van der Waals surface area contributed by atoms with E-state index in [0.29, 0.717) is 54.2 Å². The van der Waals surface area contributed by atoms with E-state index < -0.39 is 0 Å². The summed E-state index contributed by atoms with van der Waals surface area (Å²) < 4.78 is 16.7. The highest BCUT2D eigenvalue weighted by atomic mass is 32.2. The number of benzene rings is 2. The number of rotatable bonds is 5. The second-order valence-corrected chi connectivity index (χ2v) is 8.60. The normalized spacial score (nSPS) is 18.7. The predicted molar refractivity (Wildman–Crippen MR) is 121 cm³/mol. The van der Waals surface area contributed by atoms with E-state index in [4.69, 9.17) is 19.2 Å². The lowest BCUT2D eigenvalue weighted by Crippen LogP contribution is -2.20. The Hall–Kier alpha value is -2.93. The van der Waals surface area contributed by atoms with Crippen LogP contribution in [0.4, 0.5) is 5.69 Å². The standard InChI is InChI=1S/C24H25NO5S/c1-28-19-12-11-14(23(29-2)24(19)30-3)21-13-16(22-17(26)8-6-9-18(22)27)25-15-7-4-5-10-20(15)31-21/h4-5,7,10-12,21,26H,6,8-9,13H2,1-3H3. The second-order valence-electron chi connectivity index (χ2n) is 7.36. The molecular weight excluding hydrogens is 414 g/mol. The summed E-state index contributed by atoms with van der Waals surface area (Å²) >= 11 is 1.66. The van der Waals surface area contributed by atoms with Gasteiger partial charge in [-0.1, -0.05) is 18.2 Å². The lowest BCUT2D eigenvalue weighted by Gasteiger charge is -2.23. The van der Waals surface area contributed by atoms with Crippen LogP contribution in [0.25, 0.3) is 0 Å². The molecule has 0 spiro atoms. The fourth-order valence-corrected chi connectivity index (χ4v) is 5.33. The molecule has 4 rings (SSSR count). The number of allylic oxidation sites excluding steroid dienone is 2. The molecule has 0 radical (unpaired) electrons. The summed E-state index contributed by atoms with van der Waals surface area (Å²) in [6.45, 7) is 0. The van der Waals surface area contributed by atoms with Crippen molar-refractivity contribution < 1.29 is 24.1 Å². The minimum absolute atomic E-state index is 0.0510. The Balaban J connectivity index is 1.86. The molecule has 0 aromatic heterocycles. The fourth-order valence-electron chi connectivity index (χ4n) is 4.07. The molecule has 0 amide bonds. The largest absolute Gasteiger partial charge is 0.511 e. The van der Waals surface area contributed by atoms with Gasteiger partial charge >= 0.3 is 0 Å². The van der Waals surface area contributed by atoms with E-state index >= 15 is 0 Å². The highest BCUT2D eigenvalue weighted by Gasteiger charge is 2.32. The van der Waals surface area contributed by atoms with Gasteiger partial charge in [0.25, 0.3) is 0 Å². The molecule has 0 fully saturated rings. The zero-order chi connectivity index (χ0) is 22.0. The van der Waals surface area contributed by atoms with Gasteiger partial charge in [-0.25, -0.2) is 0 Å². The van der Waals surface area contributed by atoms with Crippen molar-refractivity contribution in [3.05, 3.63) is 53.3 Å². The van der Waals surface area contributed by atoms with E-state index in [0.717, 1.165) is 16.1 Å². The number of Topliss-reactive ketones (excluding diaryl/α,β-unsaturated/α-hetero) is 1. The van der Waals surface area contributed by atoms with Gasteiger partial charge in [-0.2, -0.15) is 0 Å². The number of nitrogens with zero attached hydrogens (tertiary/aromatic N) is 1. The average molecular weight is 440 g/mol. The van der Waals surface area contributed by atoms with E-state index in [1.807, 2.05) is 36.4 Å². The van der Waals surface area contributed by atoms with Gasteiger partial charge in [0.05, 0.1) is 38.3 Å². The first-order chi connectivity index (χ1) is 15.1. The summed E-state index contributed by atoms with van der Waals surface area (Å²) in [6.07, 6.45) is 2.06. The molecule has 1 atom stereocenters. The number of hydrogen-bond donors (Lipinski definition) is 1. The first kappa shape index (κ1) is 21.3. The Kier molecular flexibility index (Phi) is 6.23. The third-order valence-electron chi connectivity index (χ3n) is 5.52. The molecule has 1 aliphatic carbocycles. The number of thioether (sulfide) groups is 1. The Labute approximate surface area is 185 Å². The molecule has 0 saturated heterocycles. The van der Waals surface area contributed by atoms with E-state index in [1.54, 1.807) is 33.1 Å². The summed E-state index contributed by atoms with van der Waals surface area (Å²) in [5.74, 6) is 1.78. The zero-order valence-electron chi connectivity index (χ0n) is 17.8. The molecule has 2 aliphatic rings. The number of aliphatic hydroxyl groups excluding tert-OH is 1. The molecule has 6 nitrogen and oxygen atoms in total. The van der Waals surface area contributed by atoms with Crippen LogP contribution in [0.2, 0.25) is 0 Å². The average Bonchev–Trinajstić information content (AvgIpc) is 2.97. The van der Waals surface area contributed by atoms with Gasteiger partial charge in [-0.3, -0.25) is 9.79 Å². The number of ether oxygens (including phenoxy) is 3. The summed E-state index contributed by atoms with van der Waals surface area (Å²) in [4.78, 5) is 18.5. The Bertz CT molecular complexity index is 1080. The van der Waals surface area contributed by atoms with Crippen molar-refractivity contribution >= 4 is 28.9 Å². The quantitative estimate of drug-likeness (QED) is 0.655. The van der Waals surface area contributed by atoms with Gasteiger partial charge < -0.3 is 19.3 Å². The van der Waals surface area contributed by atoms with E-state index in [9.17, 15) is 9.90 Å². The Morgan fingerprint density at radius 3 is 2.48 bits per heavy atom. The number of carbonyl (C=O) groups excluding carboxylic acids is 1. The van der Waals surface area contributed by atoms with Crippen LogP contribution >= 0.6 is 11.8 Å². The number of para-hydroxylation sites is 1. The number of hydrogen-bond acceptors (Lipinski definition) is 7. The minimum Gasteiger partial charge on any atom is -0.511 e. The van der Waals surface area contributed by atoms with Crippen LogP contribution in [-0.4, -0.2) is 37.9 Å². The third-order valence-corrected chi connectivity index (χ3v) is 6.83. The lowest BCUT2D eigenvalue weighted by atomic mass is 9.90. The molecule has 162 valence electrons. The molecular formula is C24H25NO5S. The highest BCUT2D eigenvalue weighted by Crippen LogP contribution is 2.51. The Morgan fingerprint density at radius 2 is 1.77 bits per heavy atom. The zero-order valence-corrected chi connectivity index (χ0v) is 18.6. The van der Waals surface area contributed by atoms with Crippen molar-refractivity contribution in [2.24, 2.45) is 4.99 Å². The maximum absolute atomic E-state index is 12.7. The van der Waals surface area contributed by atoms with E-state index in [2.05, 4.69) is 0 Å². The maximum Gasteiger partial charge on any atom is 0.203 e. The summed E-state index contributed by atoms with van der Waals surface area (Å²) in [6, 6.07) is 11.7. The number of aliphatic imine (C=N–C) groups is 1. The van der Waals surface area contributed by atoms with Crippen molar-refractivity contribution in [2.75, 3.05) is 21.3 Å². The van der Waals surface area contributed by atoms with Crippen molar-refractivity contribution in [1.82, 2.24) is 0 Å². The molecule has 7 heteroatoms. The third kappa shape index (κ3) is 4.02. The van der Waals surface area contributed by atoms with Gasteiger partial charge in [0.1, 0.15) is 5.76 Å². The minimum atomic E-state index is -0.104. The molecule has 1 N–H and O–H groups in total. The number of fused-ring (bicyclic) bond motifs is 1.